The monoisotopic (exact) mass is 322 g/mol. The molecule has 6 heteroatoms. The van der Waals surface area contributed by atoms with Crippen molar-refractivity contribution in [3.63, 3.8) is 0 Å². The zero-order valence-corrected chi connectivity index (χ0v) is 13.8. The first-order valence-corrected chi connectivity index (χ1v) is 7.38. The molecule has 118 valence electrons. The standard InChI is InChI=1S/C16H19ClN2O3/c1-9-7-13(5-6-14(9)17)21-12(4)16(20)18-8-15-19-10(2)11(3)22-15/h5-7,12H,8H2,1-4H3,(H,18,20). The molecule has 0 fully saturated rings. The summed E-state index contributed by atoms with van der Waals surface area (Å²) in [5.41, 5.74) is 1.72. The van der Waals surface area contributed by atoms with Crippen LogP contribution in [0.25, 0.3) is 0 Å². The number of aromatic nitrogens is 1. The summed E-state index contributed by atoms with van der Waals surface area (Å²) in [6.45, 7) is 7.50. The van der Waals surface area contributed by atoms with Crippen molar-refractivity contribution in [2.24, 2.45) is 0 Å². The molecule has 1 heterocycles. The Bertz CT molecular complexity index is 663. The summed E-state index contributed by atoms with van der Waals surface area (Å²) in [5, 5.41) is 3.41. The van der Waals surface area contributed by atoms with Crippen LogP contribution in [0.2, 0.25) is 5.02 Å². The van der Waals surface area contributed by atoms with Crippen molar-refractivity contribution in [1.29, 1.82) is 0 Å². The van der Waals surface area contributed by atoms with Crippen LogP contribution in [-0.4, -0.2) is 17.0 Å². The lowest BCUT2D eigenvalue weighted by atomic mass is 10.2. The van der Waals surface area contributed by atoms with Crippen LogP contribution in [0.3, 0.4) is 0 Å². The van der Waals surface area contributed by atoms with Crippen molar-refractivity contribution in [1.82, 2.24) is 10.3 Å². The van der Waals surface area contributed by atoms with Gasteiger partial charge in [-0.25, -0.2) is 4.98 Å². The zero-order chi connectivity index (χ0) is 16.3. The Morgan fingerprint density at radius 2 is 2.14 bits per heavy atom. The van der Waals surface area contributed by atoms with E-state index in [0.29, 0.717) is 16.7 Å². The highest BCUT2D eigenvalue weighted by Crippen LogP contribution is 2.21. The predicted octanol–water partition coefficient (Wildman–Crippen LogP) is 3.34. The highest BCUT2D eigenvalue weighted by Gasteiger charge is 2.16. The van der Waals surface area contributed by atoms with Crippen LogP contribution in [-0.2, 0) is 11.3 Å². The average Bonchev–Trinajstić information content (AvgIpc) is 2.79. The number of aryl methyl sites for hydroxylation is 3. The Kier molecular flexibility index (Phi) is 5.08. The predicted molar refractivity (Wildman–Crippen MR) is 84.1 cm³/mol. The van der Waals surface area contributed by atoms with E-state index in [1.807, 2.05) is 20.8 Å². The molecular formula is C16H19ClN2O3. The van der Waals surface area contributed by atoms with Gasteiger partial charge in [0.1, 0.15) is 11.5 Å². The van der Waals surface area contributed by atoms with Gasteiger partial charge in [-0.2, -0.15) is 0 Å². The molecule has 0 saturated heterocycles. The summed E-state index contributed by atoms with van der Waals surface area (Å²) in [6.07, 6.45) is -0.627. The van der Waals surface area contributed by atoms with E-state index in [1.54, 1.807) is 25.1 Å². The van der Waals surface area contributed by atoms with Crippen molar-refractivity contribution < 1.29 is 13.9 Å². The van der Waals surface area contributed by atoms with Gasteiger partial charge in [0.05, 0.1) is 12.2 Å². The van der Waals surface area contributed by atoms with Crippen LogP contribution in [0.4, 0.5) is 0 Å². The molecule has 0 spiro atoms. The largest absolute Gasteiger partial charge is 0.481 e. The number of rotatable bonds is 5. The molecule has 0 aliphatic carbocycles. The highest BCUT2D eigenvalue weighted by molar-refractivity contribution is 6.31. The number of carbonyl (C=O) groups is 1. The van der Waals surface area contributed by atoms with E-state index < -0.39 is 6.10 Å². The van der Waals surface area contributed by atoms with E-state index in [1.165, 1.54) is 0 Å². The molecule has 2 rings (SSSR count). The number of benzene rings is 1. The molecule has 2 aromatic rings. The van der Waals surface area contributed by atoms with Crippen molar-refractivity contribution >= 4 is 17.5 Å². The maximum Gasteiger partial charge on any atom is 0.261 e. The molecular weight excluding hydrogens is 304 g/mol. The third-order valence-electron chi connectivity index (χ3n) is 3.30. The number of halogens is 1. The van der Waals surface area contributed by atoms with Crippen LogP contribution in [0, 0.1) is 20.8 Å². The fourth-order valence-corrected chi connectivity index (χ4v) is 1.99. The number of nitrogens with zero attached hydrogens (tertiary/aromatic N) is 1. The molecule has 0 radical (unpaired) electrons. The smallest absolute Gasteiger partial charge is 0.261 e. The second-order valence-corrected chi connectivity index (χ2v) is 5.55. The first kappa shape index (κ1) is 16.4. The summed E-state index contributed by atoms with van der Waals surface area (Å²) in [5.74, 6) is 1.61. The molecule has 1 aromatic carbocycles. The fourth-order valence-electron chi connectivity index (χ4n) is 1.87. The Morgan fingerprint density at radius 1 is 1.41 bits per heavy atom. The second-order valence-electron chi connectivity index (χ2n) is 5.14. The fraction of sp³-hybridized carbons (Fsp3) is 0.375. The molecule has 0 aliphatic rings. The summed E-state index contributed by atoms with van der Waals surface area (Å²) < 4.78 is 11.0. The van der Waals surface area contributed by atoms with Gasteiger partial charge in [-0.15, -0.1) is 0 Å². The number of nitrogens with one attached hydrogen (secondary N) is 1. The molecule has 1 atom stereocenters. The van der Waals surface area contributed by atoms with E-state index >= 15 is 0 Å². The van der Waals surface area contributed by atoms with Crippen molar-refractivity contribution in [3.05, 3.63) is 46.1 Å². The summed E-state index contributed by atoms with van der Waals surface area (Å²) in [4.78, 5) is 16.2. The molecule has 0 saturated carbocycles. The van der Waals surface area contributed by atoms with Crippen molar-refractivity contribution in [2.45, 2.75) is 40.3 Å². The average molecular weight is 323 g/mol. The molecule has 0 aliphatic heterocycles. The Balaban J connectivity index is 1.90. The van der Waals surface area contributed by atoms with E-state index in [4.69, 9.17) is 20.8 Å². The molecule has 0 bridgehead atoms. The van der Waals surface area contributed by atoms with Gasteiger partial charge >= 0.3 is 0 Å². The minimum absolute atomic E-state index is 0.235. The lowest BCUT2D eigenvalue weighted by Gasteiger charge is -2.14. The zero-order valence-electron chi connectivity index (χ0n) is 13.1. The number of carbonyl (C=O) groups excluding carboxylic acids is 1. The van der Waals surface area contributed by atoms with Gasteiger partial charge in [-0.05, 0) is 51.5 Å². The Morgan fingerprint density at radius 3 is 2.73 bits per heavy atom. The van der Waals surface area contributed by atoms with Gasteiger partial charge in [0, 0.05) is 5.02 Å². The number of hydrogen-bond donors (Lipinski definition) is 1. The van der Waals surface area contributed by atoms with Gasteiger partial charge < -0.3 is 14.5 Å². The molecule has 5 nitrogen and oxygen atoms in total. The minimum Gasteiger partial charge on any atom is -0.481 e. The van der Waals surface area contributed by atoms with Crippen LogP contribution < -0.4 is 10.1 Å². The van der Waals surface area contributed by atoms with Crippen LogP contribution in [0.15, 0.2) is 22.6 Å². The van der Waals surface area contributed by atoms with Gasteiger partial charge in [-0.1, -0.05) is 11.6 Å². The summed E-state index contributed by atoms with van der Waals surface area (Å²) in [6, 6.07) is 5.28. The van der Waals surface area contributed by atoms with Gasteiger partial charge in [0.2, 0.25) is 5.89 Å². The Hall–Kier alpha value is -2.01. The summed E-state index contributed by atoms with van der Waals surface area (Å²) >= 11 is 5.96. The number of oxazole rings is 1. The van der Waals surface area contributed by atoms with Gasteiger partial charge in [-0.3, -0.25) is 4.79 Å². The molecule has 1 N–H and O–H groups in total. The van der Waals surface area contributed by atoms with Crippen LogP contribution >= 0.6 is 11.6 Å². The molecule has 1 unspecified atom stereocenters. The van der Waals surface area contributed by atoms with E-state index in [2.05, 4.69) is 10.3 Å². The van der Waals surface area contributed by atoms with Crippen molar-refractivity contribution in [2.75, 3.05) is 0 Å². The topological polar surface area (TPSA) is 64.4 Å². The molecule has 22 heavy (non-hydrogen) atoms. The highest BCUT2D eigenvalue weighted by atomic mass is 35.5. The number of amides is 1. The van der Waals surface area contributed by atoms with E-state index in [0.717, 1.165) is 17.0 Å². The first-order chi connectivity index (χ1) is 10.4. The SMILES string of the molecule is Cc1cc(OC(C)C(=O)NCc2nc(C)c(C)o2)ccc1Cl. The summed E-state index contributed by atoms with van der Waals surface area (Å²) in [7, 11) is 0. The third-order valence-corrected chi connectivity index (χ3v) is 3.72. The van der Waals surface area contributed by atoms with Crippen LogP contribution in [0.1, 0.15) is 29.8 Å². The second kappa shape index (κ2) is 6.83. The van der Waals surface area contributed by atoms with E-state index in [-0.39, 0.29) is 12.5 Å². The maximum atomic E-state index is 12.0. The molecule has 1 aromatic heterocycles. The van der Waals surface area contributed by atoms with Crippen LogP contribution in [0.5, 0.6) is 5.75 Å². The number of hydrogen-bond acceptors (Lipinski definition) is 4. The number of ether oxygens (including phenoxy) is 1. The van der Waals surface area contributed by atoms with E-state index in [9.17, 15) is 4.79 Å². The lowest BCUT2D eigenvalue weighted by Crippen LogP contribution is -2.36. The normalized spacial score (nSPS) is 12.0. The van der Waals surface area contributed by atoms with Crippen molar-refractivity contribution in [3.8, 4) is 5.75 Å². The third kappa shape index (κ3) is 4.01. The maximum absolute atomic E-state index is 12.0. The quantitative estimate of drug-likeness (QED) is 0.917. The van der Waals surface area contributed by atoms with Gasteiger partial charge in [0.15, 0.2) is 6.10 Å². The molecule has 1 amide bonds. The lowest BCUT2D eigenvalue weighted by molar-refractivity contribution is -0.127. The van der Waals surface area contributed by atoms with Gasteiger partial charge in [0.25, 0.3) is 5.91 Å². The minimum atomic E-state index is -0.627. The first-order valence-electron chi connectivity index (χ1n) is 7.00. The Labute approximate surface area is 134 Å².